The topological polar surface area (TPSA) is 12.0 Å². The maximum Gasteiger partial charge on any atom is -0.00775 e. The predicted molar refractivity (Wildman–Crippen MR) is 127 cm³/mol. The fourth-order valence-electron chi connectivity index (χ4n) is 3.27. The Labute approximate surface area is 175 Å². The number of hydrogen-bond acceptors (Lipinski definition) is 1. The van der Waals surface area contributed by atoms with Crippen molar-refractivity contribution in [3.05, 3.63) is 109 Å². The minimum Gasteiger partial charge on any atom is -0.317 e. The van der Waals surface area contributed by atoms with Gasteiger partial charge in [0.05, 0.1) is 0 Å². The van der Waals surface area contributed by atoms with Gasteiger partial charge in [-0.3, -0.25) is 0 Å². The second-order valence-corrected chi connectivity index (χ2v) is 6.85. The van der Waals surface area contributed by atoms with Gasteiger partial charge in [0.25, 0.3) is 0 Å². The van der Waals surface area contributed by atoms with Crippen LogP contribution < -0.4 is 5.32 Å². The van der Waals surface area contributed by atoms with E-state index in [1.807, 2.05) is 0 Å². The molecule has 0 aliphatic rings. The van der Waals surface area contributed by atoms with Gasteiger partial charge in [0, 0.05) is 0 Å². The highest BCUT2D eigenvalue weighted by molar-refractivity contribution is 5.81. The largest absolute Gasteiger partial charge is 0.317 e. The molecule has 0 aromatic heterocycles. The van der Waals surface area contributed by atoms with Gasteiger partial charge in [0.2, 0.25) is 0 Å². The number of hydrogen-bond donors (Lipinski definition) is 1. The van der Waals surface area contributed by atoms with Crippen LogP contribution in [0.25, 0.3) is 33.4 Å². The first-order valence-electron chi connectivity index (χ1n) is 10.3. The summed E-state index contributed by atoms with van der Waals surface area (Å²) in [5.74, 6) is 0. The standard InChI is InChI=1S/C24H18.C4H11N/c1-4-10-19(11-5-1)22-16-23(20-12-6-2-7-13-20)18-24(17-22)21-14-8-3-9-15-21;1-3-5-4-2/h1-18H;5H,3-4H2,1-2H3. The molecular weight excluding hydrogens is 350 g/mol. The molecule has 4 aromatic carbocycles. The summed E-state index contributed by atoms with van der Waals surface area (Å²) in [5.41, 5.74) is 7.47. The average Bonchev–Trinajstić information content (AvgIpc) is 2.81. The van der Waals surface area contributed by atoms with Crippen LogP contribution in [0, 0.1) is 0 Å². The van der Waals surface area contributed by atoms with Crippen molar-refractivity contribution in [3.63, 3.8) is 0 Å². The molecule has 0 fully saturated rings. The molecule has 0 spiro atoms. The van der Waals surface area contributed by atoms with E-state index in [0.717, 1.165) is 13.1 Å². The van der Waals surface area contributed by atoms with Gasteiger partial charge in [-0.1, -0.05) is 105 Å². The summed E-state index contributed by atoms with van der Waals surface area (Å²) in [4.78, 5) is 0. The van der Waals surface area contributed by atoms with Gasteiger partial charge in [-0.2, -0.15) is 0 Å². The van der Waals surface area contributed by atoms with Crippen LogP contribution in [-0.4, -0.2) is 13.1 Å². The van der Waals surface area contributed by atoms with Gasteiger partial charge in [-0.05, 0) is 64.7 Å². The number of benzene rings is 4. The quantitative estimate of drug-likeness (QED) is 0.383. The third kappa shape index (κ3) is 5.91. The second kappa shape index (κ2) is 11.0. The molecule has 146 valence electrons. The van der Waals surface area contributed by atoms with E-state index in [9.17, 15) is 0 Å². The van der Waals surface area contributed by atoms with Crippen molar-refractivity contribution < 1.29 is 0 Å². The summed E-state index contributed by atoms with van der Waals surface area (Å²) in [6.07, 6.45) is 0. The van der Waals surface area contributed by atoms with Crippen molar-refractivity contribution in [3.8, 4) is 33.4 Å². The molecule has 1 nitrogen and oxygen atoms in total. The molecule has 1 heteroatoms. The lowest BCUT2D eigenvalue weighted by Gasteiger charge is -2.11. The van der Waals surface area contributed by atoms with Gasteiger partial charge in [-0.25, -0.2) is 0 Å². The van der Waals surface area contributed by atoms with E-state index in [1.165, 1.54) is 33.4 Å². The molecule has 0 saturated carbocycles. The van der Waals surface area contributed by atoms with Crippen LogP contribution in [-0.2, 0) is 0 Å². The minimum absolute atomic E-state index is 1.09. The Morgan fingerprint density at radius 1 is 0.414 bits per heavy atom. The maximum absolute atomic E-state index is 3.11. The number of nitrogens with one attached hydrogen (secondary N) is 1. The van der Waals surface area contributed by atoms with E-state index in [4.69, 9.17) is 0 Å². The van der Waals surface area contributed by atoms with E-state index in [1.54, 1.807) is 0 Å². The number of rotatable bonds is 5. The first-order chi connectivity index (χ1) is 14.3. The van der Waals surface area contributed by atoms with E-state index in [-0.39, 0.29) is 0 Å². The summed E-state index contributed by atoms with van der Waals surface area (Å²) in [6.45, 7) is 6.39. The summed E-state index contributed by atoms with van der Waals surface area (Å²) >= 11 is 0. The van der Waals surface area contributed by atoms with Gasteiger partial charge >= 0.3 is 0 Å². The van der Waals surface area contributed by atoms with Crippen LogP contribution in [0.4, 0.5) is 0 Å². The Hall–Kier alpha value is -3.16. The van der Waals surface area contributed by atoms with Crippen molar-refractivity contribution in [1.29, 1.82) is 0 Å². The molecule has 0 radical (unpaired) electrons. The molecule has 0 unspecified atom stereocenters. The van der Waals surface area contributed by atoms with E-state index < -0.39 is 0 Å². The van der Waals surface area contributed by atoms with Gasteiger partial charge < -0.3 is 5.32 Å². The van der Waals surface area contributed by atoms with Crippen LogP contribution >= 0.6 is 0 Å². The molecule has 0 aliphatic heterocycles. The smallest absolute Gasteiger partial charge is 0.00775 e. The molecule has 0 heterocycles. The van der Waals surface area contributed by atoms with Crippen LogP contribution in [0.5, 0.6) is 0 Å². The van der Waals surface area contributed by atoms with Gasteiger partial charge in [0.15, 0.2) is 0 Å². The molecule has 4 aromatic rings. The van der Waals surface area contributed by atoms with Crippen LogP contribution in [0.2, 0.25) is 0 Å². The third-order valence-corrected chi connectivity index (χ3v) is 4.75. The minimum atomic E-state index is 1.09. The average molecular weight is 380 g/mol. The highest BCUT2D eigenvalue weighted by atomic mass is 14.8. The molecule has 0 aliphatic carbocycles. The van der Waals surface area contributed by atoms with Crippen molar-refractivity contribution in [1.82, 2.24) is 5.32 Å². The zero-order chi connectivity index (χ0) is 20.3. The first-order valence-corrected chi connectivity index (χ1v) is 10.3. The van der Waals surface area contributed by atoms with Crippen LogP contribution in [0.1, 0.15) is 13.8 Å². The van der Waals surface area contributed by atoms with Crippen LogP contribution in [0.15, 0.2) is 109 Å². The lowest BCUT2D eigenvalue weighted by Crippen LogP contribution is -2.09. The lowest BCUT2D eigenvalue weighted by atomic mass is 9.93. The molecular formula is C28H29N. The lowest BCUT2D eigenvalue weighted by molar-refractivity contribution is 0.762. The SMILES string of the molecule is CCNCC.c1ccc(-c2cc(-c3ccccc3)cc(-c3ccccc3)c2)cc1. The Kier molecular flexibility index (Phi) is 7.80. The Morgan fingerprint density at radius 2 is 0.690 bits per heavy atom. The summed E-state index contributed by atoms with van der Waals surface area (Å²) in [7, 11) is 0. The zero-order valence-electron chi connectivity index (χ0n) is 17.3. The molecule has 0 atom stereocenters. The zero-order valence-corrected chi connectivity index (χ0v) is 17.3. The Bertz CT molecular complexity index is 835. The molecule has 0 saturated heterocycles. The first kappa shape index (κ1) is 20.6. The normalized spacial score (nSPS) is 10.1. The Balaban J connectivity index is 0.000000431. The van der Waals surface area contributed by atoms with Crippen molar-refractivity contribution in [2.75, 3.05) is 13.1 Å². The van der Waals surface area contributed by atoms with E-state index >= 15 is 0 Å². The Morgan fingerprint density at radius 3 is 0.897 bits per heavy atom. The second-order valence-electron chi connectivity index (χ2n) is 6.85. The van der Waals surface area contributed by atoms with Crippen molar-refractivity contribution in [2.45, 2.75) is 13.8 Å². The van der Waals surface area contributed by atoms with E-state index in [0.29, 0.717) is 0 Å². The predicted octanol–water partition coefficient (Wildman–Crippen LogP) is 7.30. The van der Waals surface area contributed by atoms with Crippen molar-refractivity contribution in [2.24, 2.45) is 0 Å². The molecule has 29 heavy (non-hydrogen) atoms. The monoisotopic (exact) mass is 379 g/mol. The fourth-order valence-corrected chi connectivity index (χ4v) is 3.27. The highest BCUT2D eigenvalue weighted by Crippen LogP contribution is 2.32. The maximum atomic E-state index is 3.11. The highest BCUT2D eigenvalue weighted by Gasteiger charge is 2.06. The molecule has 4 rings (SSSR count). The van der Waals surface area contributed by atoms with Crippen LogP contribution in [0.3, 0.4) is 0 Å². The fraction of sp³-hybridized carbons (Fsp3) is 0.143. The molecule has 1 N–H and O–H groups in total. The van der Waals surface area contributed by atoms with Gasteiger partial charge in [0.1, 0.15) is 0 Å². The third-order valence-electron chi connectivity index (χ3n) is 4.75. The summed E-state index contributed by atoms with van der Waals surface area (Å²) in [5, 5.41) is 3.11. The summed E-state index contributed by atoms with van der Waals surface area (Å²) in [6, 6.07) is 38.5. The summed E-state index contributed by atoms with van der Waals surface area (Å²) < 4.78 is 0. The van der Waals surface area contributed by atoms with Crippen molar-refractivity contribution >= 4 is 0 Å². The molecule has 0 amide bonds. The molecule has 0 bridgehead atoms. The van der Waals surface area contributed by atoms with Gasteiger partial charge in [-0.15, -0.1) is 0 Å². The van der Waals surface area contributed by atoms with E-state index in [2.05, 4.69) is 128 Å².